The molecule has 0 spiro atoms. The van der Waals surface area contributed by atoms with Crippen LogP contribution in [0.2, 0.25) is 5.02 Å². The maximum Gasteiger partial charge on any atom is 0.122 e. The molecule has 3 heteroatoms. The van der Waals surface area contributed by atoms with Crippen molar-refractivity contribution in [2.75, 3.05) is 5.88 Å². The van der Waals surface area contributed by atoms with Crippen LogP contribution in [0.1, 0.15) is 16.7 Å². The number of benzene rings is 2. The number of alkyl halides is 1. The smallest absolute Gasteiger partial charge is 0.122 e. The van der Waals surface area contributed by atoms with E-state index < -0.39 is 0 Å². The van der Waals surface area contributed by atoms with Crippen molar-refractivity contribution < 1.29 is 4.74 Å². The normalized spacial score (nSPS) is 9.75. The van der Waals surface area contributed by atoms with Gasteiger partial charge >= 0.3 is 0 Å². The van der Waals surface area contributed by atoms with Crippen molar-refractivity contribution in [3.05, 3.63) is 64.2 Å². The molecule has 20 heavy (non-hydrogen) atoms. The molecule has 0 bridgehead atoms. The zero-order valence-corrected chi connectivity index (χ0v) is 12.6. The molecule has 0 aliphatic carbocycles. The van der Waals surface area contributed by atoms with Gasteiger partial charge in [-0.2, -0.15) is 0 Å². The lowest BCUT2D eigenvalue weighted by Gasteiger charge is -2.09. The second kappa shape index (κ2) is 7.24. The molecular weight excluding hydrogens is 291 g/mol. The van der Waals surface area contributed by atoms with Gasteiger partial charge in [-0.1, -0.05) is 35.6 Å². The van der Waals surface area contributed by atoms with Crippen molar-refractivity contribution in [2.45, 2.75) is 13.5 Å². The SMILES string of the molecule is Cc1cc(C#CCCl)ccc1OCc1cccc(Cl)c1. The van der Waals surface area contributed by atoms with Gasteiger partial charge in [0.1, 0.15) is 12.4 Å². The van der Waals surface area contributed by atoms with Crippen molar-refractivity contribution in [2.24, 2.45) is 0 Å². The number of rotatable bonds is 3. The first-order valence-electron chi connectivity index (χ1n) is 6.22. The van der Waals surface area contributed by atoms with Crippen LogP contribution in [0, 0.1) is 18.8 Å². The highest BCUT2D eigenvalue weighted by molar-refractivity contribution is 6.30. The average molecular weight is 305 g/mol. The number of hydrogen-bond donors (Lipinski definition) is 0. The van der Waals surface area contributed by atoms with E-state index in [0.29, 0.717) is 12.5 Å². The molecule has 2 aromatic rings. The number of ether oxygens (including phenoxy) is 1. The summed E-state index contributed by atoms with van der Waals surface area (Å²) in [6.45, 7) is 2.49. The van der Waals surface area contributed by atoms with Crippen LogP contribution in [0.15, 0.2) is 42.5 Å². The Balaban J connectivity index is 2.06. The number of hydrogen-bond acceptors (Lipinski definition) is 1. The van der Waals surface area contributed by atoms with Gasteiger partial charge in [0.2, 0.25) is 0 Å². The highest BCUT2D eigenvalue weighted by atomic mass is 35.5. The molecule has 2 aromatic carbocycles. The Hall–Kier alpha value is -1.62. The number of aryl methyl sites for hydroxylation is 1. The molecule has 1 nitrogen and oxygen atoms in total. The molecule has 0 aromatic heterocycles. The maximum atomic E-state index is 5.95. The molecule has 0 amide bonds. The van der Waals surface area contributed by atoms with E-state index in [9.17, 15) is 0 Å². The van der Waals surface area contributed by atoms with Crippen LogP contribution in [0.5, 0.6) is 5.75 Å². The zero-order chi connectivity index (χ0) is 14.4. The molecule has 0 saturated carbocycles. The quantitative estimate of drug-likeness (QED) is 0.583. The molecule has 0 atom stereocenters. The largest absolute Gasteiger partial charge is 0.489 e. The number of halogens is 2. The van der Waals surface area contributed by atoms with Gasteiger partial charge in [-0.3, -0.25) is 0 Å². The summed E-state index contributed by atoms with van der Waals surface area (Å²) in [5.41, 5.74) is 3.04. The van der Waals surface area contributed by atoms with Crippen molar-refractivity contribution >= 4 is 23.2 Å². The van der Waals surface area contributed by atoms with Gasteiger partial charge in [-0.25, -0.2) is 0 Å². The Kier molecular flexibility index (Phi) is 5.35. The fourth-order valence-electron chi connectivity index (χ4n) is 1.81. The van der Waals surface area contributed by atoms with Crippen molar-refractivity contribution in [3.63, 3.8) is 0 Å². The maximum absolute atomic E-state index is 5.95. The Morgan fingerprint density at radius 3 is 2.70 bits per heavy atom. The first-order valence-corrected chi connectivity index (χ1v) is 7.13. The molecule has 102 valence electrons. The van der Waals surface area contributed by atoms with Gasteiger partial charge in [0.05, 0.1) is 5.88 Å². The molecule has 0 unspecified atom stereocenters. The molecule has 0 saturated heterocycles. The van der Waals surface area contributed by atoms with E-state index in [4.69, 9.17) is 27.9 Å². The molecule has 0 aliphatic rings. The summed E-state index contributed by atoms with van der Waals surface area (Å²) >= 11 is 11.5. The third kappa shape index (κ3) is 4.20. The van der Waals surface area contributed by atoms with Gasteiger partial charge in [-0.15, -0.1) is 11.6 Å². The van der Waals surface area contributed by atoms with Crippen LogP contribution in [-0.2, 0) is 6.61 Å². The van der Waals surface area contributed by atoms with Crippen LogP contribution in [0.3, 0.4) is 0 Å². The first-order chi connectivity index (χ1) is 9.69. The van der Waals surface area contributed by atoms with E-state index in [-0.39, 0.29) is 0 Å². The summed E-state index contributed by atoms with van der Waals surface area (Å²) < 4.78 is 5.80. The molecule has 0 radical (unpaired) electrons. The van der Waals surface area contributed by atoms with Crippen molar-refractivity contribution in [1.29, 1.82) is 0 Å². The van der Waals surface area contributed by atoms with E-state index in [1.165, 1.54) is 0 Å². The standard InChI is InChI=1S/C17H14Cl2O/c1-13-10-14(5-3-9-18)7-8-17(13)20-12-15-4-2-6-16(19)11-15/h2,4,6-8,10-11H,9,12H2,1H3. The Bertz CT molecular complexity index is 654. The Labute approximate surface area is 129 Å². The highest BCUT2D eigenvalue weighted by Gasteiger charge is 2.01. The monoisotopic (exact) mass is 304 g/mol. The van der Waals surface area contributed by atoms with E-state index in [1.807, 2.05) is 49.4 Å². The van der Waals surface area contributed by atoms with Crippen LogP contribution >= 0.6 is 23.2 Å². The highest BCUT2D eigenvalue weighted by Crippen LogP contribution is 2.20. The molecule has 0 heterocycles. The first kappa shape index (κ1) is 14.8. The minimum Gasteiger partial charge on any atom is -0.489 e. The van der Waals surface area contributed by atoms with Gasteiger partial charge < -0.3 is 4.74 Å². The van der Waals surface area contributed by atoms with E-state index >= 15 is 0 Å². The van der Waals surface area contributed by atoms with Gasteiger partial charge in [0.25, 0.3) is 0 Å². The average Bonchev–Trinajstić information content (AvgIpc) is 2.44. The third-order valence-corrected chi connectivity index (χ3v) is 3.13. The fraction of sp³-hybridized carbons (Fsp3) is 0.176. The predicted octanol–water partition coefficient (Wildman–Crippen LogP) is 4.82. The molecular formula is C17H14Cl2O. The van der Waals surface area contributed by atoms with Gasteiger partial charge in [-0.05, 0) is 48.4 Å². The minimum atomic E-state index is 0.339. The lowest BCUT2D eigenvalue weighted by Crippen LogP contribution is -1.97. The van der Waals surface area contributed by atoms with Crippen LogP contribution in [-0.4, -0.2) is 5.88 Å². The molecule has 0 aliphatic heterocycles. The van der Waals surface area contributed by atoms with E-state index in [0.717, 1.165) is 27.5 Å². The van der Waals surface area contributed by atoms with E-state index in [2.05, 4.69) is 11.8 Å². The summed E-state index contributed by atoms with van der Waals surface area (Å²) in [7, 11) is 0. The zero-order valence-electron chi connectivity index (χ0n) is 11.1. The molecule has 2 rings (SSSR count). The predicted molar refractivity (Wildman–Crippen MR) is 84.6 cm³/mol. The summed E-state index contributed by atoms with van der Waals surface area (Å²) in [5.74, 6) is 7.01. The summed E-state index contributed by atoms with van der Waals surface area (Å²) in [4.78, 5) is 0. The van der Waals surface area contributed by atoms with Crippen molar-refractivity contribution in [1.82, 2.24) is 0 Å². The second-order valence-electron chi connectivity index (χ2n) is 4.33. The summed E-state index contributed by atoms with van der Waals surface area (Å²) in [6.07, 6.45) is 0. The topological polar surface area (TPSA) is 9.23 Å². The van der Waals surface area contributed by atoms with Gasteiger partial charge in [0, 0.05) is 10.6 Å². The fourth-order valence-corrected chi connectivity index (χ4v) is 2.09. The minimum absolute atomic E-state index is 0.339. The summed E-state index contributed by atoms with van der Waals surface area (Å²) in [6, 6.07) is 13.5. The van der Waals surface area contributed by atoms with Crippen molar-refractivity contribution in [3.8, 4) is 17.6 Å². The van der Waals surface area contributed by atoms with Crippen LogP contribution in [0.25, 0.3) is 0 Å². The molecule has 0 fully saturated rings. The lowest BCUT2D eigenvalue weighted by molar-refractivity contribution is 0.304. The van der Waals surface area contributed by atoms with Crippen LogP contribution < -0.4 is 4.74 Å². The lowest BCUT2D eigenvalue weighted by atomic mass is 10.1. The molecule has 0 N–H and O–H groups in total. The Morgan fingerprint density at radius 2 is 2.00 bits per heavy atom. The third-order valence-electron chi connectivity index (χ3n) is 2.76. The summed E-state index contributed by atoms with van der Waals surface area (Å²) in [5, 5.41) is 0.717. The van der Waals surface area contributed by atoms with Gasteiger partial charge in [0.15, 0.2) is 0 Å². The Morgan fingerprint density at radius 1 is 1.15 bits per heavy atom. The van der Waals surface area contributed by atoms with Crippen LogP contribution in [0.4, 0.5) is 0 Å². The van der Waals surface area contributed by atoms with E-state index in [1.54, 1.807) is 0 Å². The second-order valence-corrected chi connectivity index (χ2v) is 5.04.